The van der Waals surface area contributed by atoms with E-state index in [0.29, 0.717) is 6.54 Å². The van der Waals surface area contributed by atoms with Crippen molar-refractivity contribution >= 4 is 9.84 Å². The van der Waals surface area contributed by atoms with E-state index in [2.05, 4.69) is 5.32 Å². The van der Waals surface area contributed by atoms with Gasteiger partial charge in [0.2, 0.25) is 0 Å². The smallest absolute Gasteiger partial charge is 0.380 e. The largest absolute Gasteiger partial charge is 0.391 e. The zero-order chi connectivity index (χ0) is 12.7. The molecule has 8 heteroatoms. The third-order valence-electron chi connectivity index (χ3n) is 1.60. The fourth-order valence-electron chi connectivity index (χ4n) is 0.817. The van der Waals surface area contributed by atoms with Crippen molar-refractivity contribution < 1.29 is 26.3 Å². The Morgan fingerprint density at radius 1 is 1.19 bits per heavy atom. The second-order valence-electron chi connectivity index (χ2n) is 3.36. The molecule has 0 saturated heterocycles. The lowest BCUT2D eigenvalue weighted by atomic mass is 10.4. The van der Waals surface area contributed by atoms with Crippen LogP contribution in [-0.2, 0) is 14.6 Å². The summed E-state index contributed by atoms with van der Waals surface area (Å²) in [6, 6.07) is 0. The van der Waals surface area contributed by atoms with Crippen LogP contribution >= 0.6 is 0 Å². The quantitative estimate of drug-likeness (QED) is 0.651. The number of rotatable bonds is 8. The van der Waals surface area contributed by atoms with E-state index in [0.717, 1.165) is 6.26 Å². The highest BCUT2D eigenvalue weighted by molar-refractivity contribution is 7.90. The molecular formula is C8H16F3NO3S. The topological polar surface area (TPSA) is 55.4 Å². The first kappa shape index (κ1) is 15.7. The zero-order valence-corrected chi connectivity index (χ0v) is 9.83. The summed E-state index contributed by atoms with van der Waals surface area (Å²) in [5.74, 6) is 0.00948. The summed E-state index contributed by atoms with van der Waals surface area (Å²) in [7, 11) is -2.99. The van der Waals surface area contributed by atoms with Crippen molar-refractivity contribution in [2.24, 2.45) is 0 Å². The van der Waals surface area contributed by atoms with Crippen LogP contribution in [0.3, 0.4) is 0 Å². The Labute approximate surface area is 93.1 Å². The van der Waals surface area contributed by atoms with E-state index in [1.54, 1.807) is 0 Å². The lowest BCUT2D eigenvalue weighted by molar-refractivity contribution is -0.145. The Bertz CT molecular complexity index is 277. The van der Waals surface area contributed by atoms with Gasteiger partial charge >= 0.3 is 6.18 Å². The molecule has 0 atom stereocenters. The molecular weight excluding hydrogens is 247 g/mol. The maximum absolute atomic E-state index is 11.7. The molecule has 16 heavy (non-hydrogen) atoms. The molecule has 0 heterocycles. The Balaban J connectivity index is 3.23. The van der Waals surface area contributed by atoms with E-state index >= 15 is 0 Å². The number of hydrogen-bond donors (Lipinski definition) is 1. The van der Waals surface area contributed by atoms with Gasteiger partial charge in [0.1, 0.15) is 9.84 Å². The number of sulfone groups is 1. The molecule has 0 aliphatic heterocycles. The normalized spacial score (nSPS) is 13.0. The van der Waals surface area contributed by atoms with Gasteiger partial charge in [0.25, 0.3) is 0 Å². The van der Waals surface area contributed by atoms with E-state index in [1.807, 2.05) is 0 Å². The molecule has 98 valence electrons. The highest BCUT2D eigenvalue weighted by atomic mass is 32.2. The van der Waals surface area contributed by atoms with Gasteiger partial charge in [0, 0.05) is 19.3 Å². The van der Waals surface area contributed by atoms with Crippen LogP contribution in [0.5, 0.6) is 0 Å². The maximum Gasteiger partial charge on any atom is 0.391 e. The maximum atomic E-state index is 11.7. The highest BCUT2D eigenvalue weighted by Gasteiger charge is 2.26. The number of hydrogen-bond acceptors (Lipinski definition) is 4. The van der Waals surface area contributed by atoms with Gasteiger partial charge in [-0.25, -0.2) is 8.42 Å². The van der Waals surface area contributed by atoms with Crippen molar-refractivity contribution in [2.45, 2.75) is 12.6 Å². The van der Waals surface area contributed by atoms with Crippen LogP contribution < -0.4 is 5.32 Å². The fourth-order valence-corrected chi connectivity index (χ4v) is 1.33. The van der Waals surface area contributed by atoms with Crippen LogP contribution in [0.15, 0.2) is 0 Å². The van der Waals surface area contributed by atoms with Crippen molar-refractivity contribution in [1.82, 2.24) is 5.32 Å². The molecule has 0 aromatic rings. The van der Waals surface area contributed by atoms with Gasteiger partial charge in [-0.05, 0) is 0 Å². The molecule has 0 saturated carbocycles. The van der Waals surface area contributed by atoms with Crippen molar-refractivity contribution in [1.29, 1.82) is 0 Å². The van der Waals surface area contributed by atoms with Gasteiger partial charge in [-0.15, -0.1) is 0 Å². The van der Waals surface area contributed by atoms with E-state index in [1.165, 1.54) is 0 Å². The van der Waals surface area contributed by atoms with Crippen LogP contribution in [0.1, 0.15) is 6.42 Å². The number of ether oxygens (including phenoxy) is 1. The third-order valence-corrected chi connectivity index (χ3v) is 2.55. The van der Waals surface area contributed by atoms with Crippen molar-refractivity contribution in [3.63, 3.8) is 0 Å². The molecule has 0 radical (unpaired) electrons. The summed E-state index contributed by atoms with van der Waals surface area (Å²) in [6.07, 6.45) is -4.03. The van der Waals surface area contributed by atoms with Crippen LogP contribution in [0.4, 0.5) is 13.2 Å². The molecule has 0 aromatic heterocycles. The van der Waals surface area contributed by atoms with E-state index < -0.39 is 22.4 Å². The summed E-state index contributed by atoms with van der Waals surface area (Å²) < 4.78 is 61.0. The predicted octanol–water partition coefficient (Wildman–Crippen LogP) is 0.590. The standard InChI is InChI=1S/C8H16F3NO3S/c1-16(13,14)7-4-12-3-6-15-5-2-8(9,10)11/h12H,2-7H2,1H3. The highest BCUT2D eigenvalue weighted by Crippen LogP contribution is 2.18. The van der Waals surface area contributed by atoms with Gasteiger partial charge < -0.3 is 10.1 Å². The zero-order valence-electron chi connectivity index (χ0n) is 9.01. The number of halogens is 3. The van der Waals surface area contributed by atoms with Crippen molar-refractivity contribution in [3.05, 3.63) is 0 Å². The minimum absolute atomic E-state index is 0.00948. The Morgan fingerprint density at radius 3 is 2.31 bits per heavy atom. The van der Waals surface area contributed by atoms with E-state index in [9.17, 15) is 21.6 Å². The minimum atomic E-state index is -4.19. The SMILES string of the molecule is CS(=O)(=O)CCNCCOCCC(F)(F)F. The van der Waals surface area contributed by atoms with Gasteiger partial charge in [-0.2, -0.15) is 13.2 Å². The van der Waals surface area contributed by atoms with Crippen LogP contribution in [0.2, 0.25) is 0 Å². The monoisotopic (exact) mass is 263 g/mol. The first-order chi connectivity index (χ1) is 7.21. The molecule has 0 spiro atoms. The van der Waals surface area contributed by atoms with Crippen LogP contribution in [0.25, 0.3) is 0 Å². The summed E-state index contributed by atoms with van der Waals surface area (Å²) in [5.41, 5.74) is 0. The average molecular weight is 263 g/mol. The third kappa shape index (κ3) is 13.7. The van der Waals surface area contributed by atoms with E-state index in [-0.39, 0.29) is 25.5 Å². The molecule has 0 unspecified atom stereocenters. The second-order valence-corrected chi connectivity index (χ2v) is 5.62. The van der Waals surface area contributed by atoms with Gasteiger partial charge in [0.05, 0.1) is 25.4 Å². The van der Waals surface area contributed by atoms with Gasteiger partial charge in [-0.3, -0.25) is 0 Å². The summed E-state index contributed by atoms with van der Waals surface area (Å²) in [4.78, 5) is 0. The molecule has 0 amide bonds. The molecule has 0 aliphatic rings. The summed E-state index contributed by atoms with van der Waals surface area (Å²) >= 11 is 0. The van der Waals surface area contributed by atoms with Gasteiger partial charge in [0.15, 0.2) is 0 Å². The Hall–Kier alpha value is -0.340. The first-order valence-electron chi connectivity index (χ1n) is 4.74. The minimum Gasteiger partial charge on any atom is -0.380 e. The lowest BCUT2D eigenvalue weighted by Crippen LogP contribution is -2.26. The molecule has 0 fully saturated rings. The predicted molar refractivity (Wildman–Crippen MR) is 54.1 cm³/mol. The van der Waals surface area contributed by atoms with Crippen molar-refractivity contribution in [2.75, 3.05) is 38.3 Å². The van der Waals surface area contributed by atoms with Crippen LogP contribution in [-0.4, -0.2) is 52.9 Å². The van der Waals surface area contributed by atoms with E-state index in [4.69, 9.17) is 4.74 Å². The number of nitrogens with one attached hydrogen (secondary N) is 1. The lowest BCUT2D eigenvalue weighted by Gasteiger charge is -2.07. The number of alkyl halides is 3. The van der Waals surface area contributed by atoms with Gasteiger partial charge in [-0.1, -0.05) is 0 Å². The summed E-state index contributed by atoms with van der Waals surface area (Å²) in [6.45, 7) is 0.395. The fraction of sp³-hybridized carbons (Fsp3) is 1.00. The van der Waals surface area contributed by atoms with Crippen molar-refractivity contribution in [3.8, 4) is 0 Å². The Kier molecular flexibility index (Phi) is 6.93. The molecule has 0 aliphatic carbocycles. The molecule has 1 N–H and O–H groups in total. The Morgan fingerprint density at radius 2 is 1.81 bits per heavy atom. The molecule has 4 nitrogen and oxygen atoms in total. The summed E-state index contributed by atoms with van der Waals surface area (Å²) in [5, 5.41) is 2.75. The molecule has 0 aromatic carbocycles. The second kappa shape index (κ2) is 7.08. The first-order valence-corrected chi connectivity index (χ1v) is 6.80. The van der Waals surface area contributed by atoms with Crippen LogP contribution in [0, 0.1) is 0 Å². The molecule has 0 rings (SSSR count). The average Bonchev–Trinajstić information content (AvgIpc) is 2.06. The molecule has 0 bridgehead atoms.